The minimum absolute atomic E-state index is 0.133. The van der Waals surface area contributed by atoms with E-state index in [9.17, 15) is 0 Å². The molecular formula is C15H17N5. The first-order valence-electron chi connectivity index (χ1n) is 6.52. The maximum absolute atomic E-state index is 5.75. The summed E-state index contributed by atoms with van der Waals surface area (Å²) in [6, 6.07) is 8.38. The Morgan fingerprint density at radius 1 is 1.05 bits per heavy atom. The summed E-state index contributed by atoms with van der Waals surface area (Å²) < 4.78 is 0. The highest BCUT2D eigenvalue weighted by molar-refractivity contribution is 5.90. The minimum atomic E-state index is 0.133. The topological polar surface area (TPSA) is 80.5 Å². The molecule has 0 spiro atoms. The van der Waals surface area contributed by atoms with Crippen molar-refractivity contribution in [1.29, 1.82) is 0 Å². The molecule has 0 radical (unpaired) electrons. The van der Waals surface area contributed by atoms with Crippen LogP contribution in [-0.2, 0) is 5.41 Å². The molecule has 0 saturated carbocycles. The molecule has 1 aromatic carbocycles. The lowest BCUT2D eigenvalue weighted by atomic mass is 9.86. The first-order chi connectivity index (χ1) is 9.45. The second-order valence-corrected chi connectivity index (χ2v) is 5.89. The average Bonchev–Trinajstić information content (AvgIpc) is 2.85. The maximum Gasteiger partial charge on any atom is 0.222 e. The summed E-state index contributed by atoms with van der Waals surface area (Å²) in [6.07, 6.45) is 1.72. The number of fused-ring (bicyclic) bond motifs is 1. The van der Waals surface area contributed by atoms with Crippen molar-refractivity contribution in [3.8, 4) is 11.3 Å². The van der Waals surface area contributed by atoms with Gasteiger partial charge in [-0.1, -0.05) is 45.0 Å². The second-order valence-electron chi connectivity index (χ2n) is 5.89. The highest BCUT2D eigenvalue weighted by Crippen LogP contribution is 2.28. The summed E-state index contributed by atoms with van der Waals surface area (Å²) in [5.74, 6) is 0.247. The van der Waals surface area contributed by atoms with Crippen molar-refractivity contribution in [2.45, 2.75) is 26.2 Å². The SMILES string of the molecule is CC(C)(C)c1ccc(-c2nc(N)nc3[nH]ncc23)cc1. The molecule has 0 unspecified atom stereocenters. The molecule has 0 saturated heterocycles. The number of hydrogen-bond acceptors (Lipinski definition) is 4. The predicted octanol–water partition coefficient (Wildman–Crippen LogP) is 2.90. The van der Waals surface area contributed by atoms with E-state index in [0.717, 1.165) is 16.6 Å². The Balaban J connectivity index is 2.14. The number of hydrogen-bond donors (Lipinski definition) is 2. The molecule has 5 nitrogen and oxygen atoms in total. The van der Waals surface area contributed by atoms with Crippen molar-refractivity contribution in [3.05, 3.63) is 36.0 Å². The third-order valence-corrected chi connectivity index (χ3v) is 3.35. The molecule has 0 aliphatic heterocycles. The third-order valence-electron chi connectivity index (χ3n) is 3.35. The standard InChI is InChI=1S/C15H17N5/c1-15(2,3)10-6-4-9(5-7-10)12-11-8-17-20-13(11)19-14(16)18-12/h4-8H,1-3H3,(H3,16,17,18,19,20). The van der Waals surface area contributed by atoms with E-state index in [2.05, 4.69) is 65.2 Å². The highest BCUT2D eigenvalue weighted by Gasteiger charge is 2.15. The van der Waals surface area contributed by atoms with Crippen LogP contribution in [0.3, 0.4) is 0 Å². The van der Waals surface area contributed by atoms with Crippen molar-refractivity contribution >= 4 is 17.0 Å². The molecule has 0 fully saturated rings. The molecule has 3 aromatic rings. The number of H-pyrrole nitrogens is 1. The summed E-state index contributed by atoms with van der Waals surface area (Å²) >= 11 is 0. The quantitative estimate of drug-likeness (QED) is 0.710. The summed E-state index contributed by atoms with van der Waals surface area (Å²) in [6.45, 7) is 6.58. The van der Waals surface area contributed by atoms with Crippen molar-refractivity contribution in [2.75, 3.05) is 5.73 Å². The lowest BCUT2D eigenvalue weighted by Crippen LogP contribution is -2.10. The Morgan fingerprint density at radius 2 is 1.75 bits per heavy atom. The van der Waals surface area contributed by atoms with Gasteiger partial charge in [0, 0.05) is 5.56 Å². The van der Waals surface area contributed by atoms with Crippen LogP contribution in [0.1, 0.15) is 26.3 Å². The van der Waals surface area contributed by atoms with Gasteiger partial charge in [0.25, 0.3) is 0 Å². The number of nitrogen functional groups attached to an aromatic ring is 1. The molecule has 0 atom stereocenters. The number of anilines is 1. The Kier molecular flexibility index (Phi) is 2.71. The molecule has 2 aromatic heterocycles. The molecular weight excluding hydrogens is 250 g/mol. The maximum atomic E-state index is 5.75. The molecule has 3 rings (SSSR count). The van der Waals surface area contributed by atoms with Crippen LogP contribution in [0.5, 0.6) is 0 Å². The Morgan fingerprint density at radius 3 is 2.40 bits per heavy atom. The Bertz CT molecular complexity index is 750. The largest absolute Gasteiger partial charge is 0.368 e. The Labute approximate surface area is 117 Å². The number of nitrogens with one attached hydrogen (secondary N) is 1. The van der Waals surface area contributed by atoms with E-state index in [4.69, 9.17) is 5.73 Å². The summed E-state index contributed by atoms with van der Waals surface area (Å²) in [5, 5.41) is 7.70. The highest BCUT2D eigenvalue weighted by atomic mass is 15.2. The van der Waals surface area contributed by atoms with Crippen LogP contribution >= 0.6 is 0 Å². The van der Waals surface area contributed by atoms with E-state index >= 15 is 0 Å². The molecule has 0 amide bonds. The predicted molar refractivity (Wildman–Crippen MR) is 80.2 cm³/mol. The van der Waals surface area contributed by atoms with E-state index in [0.29, 0.717) is 5.65 Å². The van der Waals surface area contributed by atoms with E-state index in [1.54, 1.807) is 6.20 Å². The average molecular weight is 267 g/mol. The number of aromatic amines is 1. The van der Waals surface area contributed by atoms with Gasteiger partial charge in [-0.15, -0.1) is 0 Å². The van der Waals surface area contributed by atoms with Gasteiger partial charge in [0.05, 0.1) is 17.3 Å². The lowest BCUT2D eigenvalue weighted by Gasteiger charge is -2.19. The van der Waals surface area contributed by atoms with Crippen LogP contribution in [0.4, 0.5) is 5.95 Å². The molecule has 20 heavy (non-hydrogen) atoms. The smallest absolute Gasteiger partial charge is 0.222 e. The molecule has 3 N–H and O–H groups in total. The van der Waals surface area contributed by atoms with Crippen LogP contribution in [0.2, 0.25) is 0 Å². The zero-order valence-corrected chi connectivity index (χ0v) is 11.8. The van der Waals surface area contributed by atoms with Crippen LogP contribution in [0.25, 0.3) is 22.3 Å². The zero-order valence-electron chi connectivity index (χ0n) is 11.8. The van der Waals surface area contributed by atoms with Gasteiger partial charge >= 0.3 is 0 Å². The number of nitrogens with zero attached hydrogens (tertiary/aromatic N) is 3. The molecule has 0 bridgehead atoms. The molecule has 0 aliphatic rings. The fraction of sp³-hybridized carbons (Fsp3) is 0.267. The van der Waals surface area contributed by atoms with Gasteiger partial charge in [-0.2, -0.15) is 10.1 Å². The van der Waals surface area contributed by atoms with E-state index in [1.165, 1.54) is 5.56 Å². The van der Waals surface area contributed by atoms with E-state index in [-0.39, 0.29) is 11.4 Å². The number of nitrogens with two attached hydrogens (primary N) is 1. The van der Waals surface area contributed by atoms with Crippen molar-refractivity contribution in [3.63, 3.8) is 0 Å². The normalized spacial score (nSPS) is 11.9. The van der Waals surface area contributed by atoms with E-state index in [1.807, 2.05) is 0 Å². The second kappa shape index (κ2) is 4.30. The molecule has 5 heteroatoms. The van der Waals surface area contributed by atoms with Gasteiger partial charge in [-0.25, -0.2) is 4.98 Å². The van der Waals surface area contributed by atoms with Gasteiger partial charge < -0.3 is 5.73 Å². The minimum Gasteiger partial charge on any atom is -0.368 e. The number of benzene rings is 1. The van der Waals surface area contributed by atoms with Crippen LogP contribution in [0.15, 0.2) is 30.5 Å². The molecule has 2 heterocycles. The molecule has 0 aliphatic carbocycles. The number of rotatable bonds is 1. The van der Waals surface area contributed by atoms with Gasteiger partial charge in [-0.05, 0) is 11.0 Å². The van der Waals surface area contributed by atoms with Gasteiger partial charge in [-0.3, -0.25) is 5.10 Å². The number of aromatic nitrogens is 4. The fourth-order valence-corrected chi connectivity index (χ4v) is 2.20. The van der Waals surface area contributed by atoms with Crippen LogP contribution in [0, 0.1) is 0 Å². The van der Waals surface area contributed by atoms with E-state index < -0.39 is 0 Å². The molecule has 102 valence electrons. The van der Waals surface area contributed by atoms with Gasteiger partial charge in [0.1, 0.15) is 0 Å². The summed E-state index contributed by atoms with van der Waals surface area (Å²) in [7, 11) is 0. The monoisotopic (exact) mass is 267 g/mol. The van der Waals surface area contributed by atoms with Crippen LogP contribution in [-0.4, -0.2) is 20.2 Å². The Hall–Kier alpha value is -2.43. The van der Waals surface area contributed by atoms with Gasteiger partial charge in [0.15, 0.2) is 5.65 Å². The summed E-state index contributed by atoms with van der Waals surface area (Å²) in [5.41, 5.74) is 9.65. The third kappa shape index (κ3) is 2.11. The zero-order chi connectivity index (χ0) is 14.3. The first kappa shape index (κ1) is 12.6. The lowest BCUT2D eigenvalue weighted by molar-refractivity contribution is 0.590. The fourth-order valence-electron chi connectivity index (χ4n) is 2.20. The summed E-state index contributed by atoms with van der Waals surface area (Å²) in [4.78, 5) is 8.47. The van der Waals surface area contributed by atoms with Gasteiger partial charge in [0.2, 0.25) is 5.95 Å². The first-order valence-corrected chi connectivity index (χ1v) is 6.52. The van der Waals surface area contributed by atoms with Crippen molar-refractivity contribution in [2.24, 2.45) is 0 Å². The van der Waals surface area contributed by atoms with Crippen molar-refractivity contribution < 1.29 is 0 Å². The van der Waals surface area contributed by atoms with Crippen LogP contribution < -0.4 is 5.73 Å². The van der Waals surface area contributed by atoms with Crippen molar-refractivity contribution in [1.82, 2.24) is 20.2 Å².